The fourth-order valence-electron chi connectivity index (χ4n) is 1.86. The van der Waals surface area contributed by atoms with Crippen molar-refractivity contribution in [3.8, 4) is 0 Å². The van der Waals surface area contributed by atoms with Crippen molar-refractivity contribution in [2.75, 3.05) is 0 Å². The zero-order valence-corrected chi connectivity index (χ0v) is 10.9. The Morgan fingerprint density at radius 3 is 2.60 bits per heavy atom. The van der Waals surface area contributed by atoms with Crippen LogP contribution >= 0.6 is 0 Å². The summed E-state index contributed by atoms with van der Waals surface area (Å²) in [5, 5.41) is 0. The van der Waals surface area contributed by atoms with Crippen LogP contribution in [0.2, 0.25) is 0 Å². The van der Waals surface area contributed by atoms with Gasteiger partial charge in [0.25, 0.3) is 5.91 Å². The largest absolute Gasteiger partial charge is 0.316 e. The quantitative estimate of drug-likeness (QED) is 0.331. The highest BCUT2D eigenvalue weighted by molar-refractivity contribution is 5.95. The SMILES string of the molecule is Cn1ccn(Cc2ccccc2C(=O)NN)c(=O)c1=O. The van der Waals surface area contributed by atoms with Crippen LogP contribution in [0.3, 0.4) is 0 Å². The molecule has 0 saturated carbocycles. The van der Waals surface area contributed by atoms with Gasteiger partial charge in [0.05, 0.1) is 6.54 Å². The lowest BCUT2D eigenvalue weighted by atomic mass is 10.1. The highest BCUT2D eigenvalue weighted by atomic mass is 16.2. The molecule has 7 nitrogen and oxygen atoms in total. The maximum Gasteiger partial charge on any atom is 0.316 e. The van der Waals surface area contributed by atoms with Gasteiger partial charge in [-0.1, -0.05) is 18.2 Å². The number of rotatable bonds is 3. The average molecular weight is 274 g/mol. The summed E-state index contributed by atoms with van der Waals surface area (Å²) in [4.78, 5) is 35.1. The number of aryl methyl sites for hydroxylation is 1. The first-order chi connectivity index (χ1) is 9.54. The molecular weight excluding hydrogens is 260 g/mol. The van der Waals surface area contributed by atoms with Crippen molar-refractivity contribution in [1.29, 1.82) is 0 Å². The van der Waals surface area contributed by atoms with Crippen molar-refractivity contribution < 1.29 is 4.79 Å². The van der Waals surface area contributed by atoms with Gasteiger partial charge in [-0.25, -0.2) is 5.84 Å². The molecule has 1 aromatic heterocycles. The molecule has 0 aliphatic heterocycles. The summed E-state index contributed by atoms with van der Waals surface area (Å²) in [6, 6.07) is 6.74. The maximum absolute atomic E-state index is 11.8. The normalized spacial score (nSPS) is 10.3. The van der Waals surface area contributed by atoms with Gasteiger partial charge in [-0.3, -0.25) is 19.8 Å². The van der Waals surface area contributed by atoms with Gasteiger partial charge in [0.1, 0.15) is 0 Å². The Labute approximate surface area is 114 Å². The predicted octanol–water partition coefficient (Wildman–Crippen LogP) is -0.801. The van der Waals surface area contributed by atoms with Crippen molar-refractivity contribution in [2.45, 2.75) is 6.54 Å². The van der Waals surface area contributed by atoms with E-state index < -0.39 is 17.0 Å². The van der Waals surface area contributed by atoms with E-state index in [2.05, 4.69) is 5.43 Å². The lowest BCUT2D eigenvalue weighted by Crippen LogP contribution is -2.40. The molecule has 1 aromatic carbocycles. The van der Waals surface area contributed by atoms with Gasteiger partial charge in [-0.2, -0.15) is 0 Å². The minimum atomic E-state index is -0.641. The molecule has 104 valence electrons. The Hall–Kier alpha value is -2.67. The van der Waals surface area contributed by atoms with Gasteiger partial charge in [0.15, 0.2) is 0 Å². The molecule has 0 radical (unpaired) electrons. The number of aromatic nitrogens is 2. The lowest BCUT2D eigenvalue weighted by Gasteiger charge is -2.10. The Bertz CT molecular complexity index is 761. The van der Waals surface area contributed by atoms with E-state index in [0.717, 1.165) is 0 Å². The Balaban J connectivity index is 2.46. The van der Waals surface area contributed by atoms with Crippen LogP contribution in [0, 0.1) is 0 Å². The molecule has 3 N–H and O–H groups in total. The molecule has 0 saturated heterocycles. The number of hydrazine groups is 1. The molecule has 1 heterocycles. The molecule has 0 atom stereocenters. The molecule has 0 aliphatic rings. The smallest absolute Gasteiger partial charge is 0.312 e. The Kier molecular flexibility index (Phi) is 3.81. The number of carbonyl (C=O) groups is 1. The topological polar surface area (TPSA) is 99.1 Å². The van der Waals surface area contributed by atoms with Crippen molar-refractivity contribution >= 4 is 5.91 Å². The van der Waals surface area contributed by atoms with E-state index in [1.54, 1.807) is 24.3 Å². The summed E-state index contributed by atoms with van der Waals surface area (Å²) in [7, 11) is 1.50. The number of carbonyl (C=O) groups excluding carboxylic acids is 1. The van der Waals surface area contributed by atoms with E-state index >= 15 is 0 Å². The first kappa shape index (κ1) is 13.8. The third-order valence-corrected chi connectivity index (χ3v) is 2.97. The summed E-state index contributed by atoms with van der Waals surface area (Å²) < 4.78 is 2.46. The lowest BCUT2D eigenvalue weighted by molar-refractivity contribution is 0.0952. The fourth-order valence-corrected chi connectivity index (χ4v) is 1.86. The predicted molar refractivity (Wildman–Crippen MR) is 73.1 cm³/mol. The summed E-state index contributed by atoms with van der Waals surface area (Å²) >= 11 is 0. The van der Waals surface area contributed by atoms with E-state index in [1.807, 2.05) is 0 Å². The van der Waals surface area contributed by atoms with Gasteiger partial charge in [-0.15, -0.1) is 0 Å². The van der Waals surface area contributed by atoms with Crippen molar-refractivity contribution in [3.05, 3.63) is 68.5 Å². The maximum atomic E-state index is 11.8. The molecule has 20 heavy (non-hydrogen) atoms. The molecule has 7 heteroatoms. The molecule has 2 aromatic rings. The van der Waals surface area contributed by atoms with Crippen LogP contribution in [0.1, 0.15) is 15.9 Å². The average Bonchev–Trinajstić information content (AvgIpc) is 2.47. The summed E-state index contributed by atoms with van der Waals surface area (Å²) in [6.07, 6.45) is 3.00. The highest BCUT2D eigenvalue weighted by Crippen LogP contribution is 2.09. The van der Waals surface area contributed by atoms with Crippen LogP contribution in [0.15, 0.2) is 46.2 Å². The number of amides is 1. The van der Waals surface area contributed by atoms with Gasteiger partial charge in [-0.05, 0) is 11.6 Å². The zero-order chi connectivity index (χ0) is 14.7. The zero-order valence-electron chi connectivity index (χ0n) is 10.9. The molecule has 1 amide bonds. The second-order valence-electron chi connectivity index (χ2n) is 4.28. The molecule has 0 aliphatic carbocycles. The second kappa shape index (κ2) is 5.54. The van der Waals surface area contributed by atoms with Crippen LogP contribution in [0.25, 0.3) is 0 Å². The van der Waals surface area contributed by atoms with E-state index in [4.69, 9.17) is 5.84 Å². The number of hydrogen-bond acceptors (Lipinski definition) is 4. The minimum Gasteiger partial charge on any atom is -0.312 e. The van der Waals surface area contributed by atoms with Gasteiger partial charge < -0.3 is 9.13 Å². The Morgan fingerprint density at radius 1 is 1.20 bits per heavy atom. The highest BCUT2D eigenvalue weighted by Gasteiger charge is 2.11. The van der Waals surface area contributed by atoms with Crippen LogP contribution < -0.4 is 22.4 Å². The molecule has 2 rings (SSSR count). The summed E-state index contributed by atoms with van der Waals surface area (Å²) in [6.45, 7) is 0.124. The summed E-state index contributed by atoms with van der Waals surface area (Å²) in [5.74, 6) is 4.67. The monoisotopic (exact) mass is 274 g/mol. The van der Waals surface area contributed by atoms with E-state index in [-0.39, 0.29) is 6.54 Å². The summed E-state index contributed by atoms with van der Waals surface area (Å²) in [5.41, 5.74) is 1.76. The van der Waals surface area contributed by atoms with Gasteiger partial charge >= 0.3 is 11.1 Å². The van der Waals surface area contributed by atoms with Crippen molar-refractivity contribution in [1.82, 2.24) is 14.6 Å². The van der Waals surface area contributed by atoms with Crippen LogP contribution in [0.5, 0.6) is 0 Å². The van der Waals surface area contributed by atoms with Gasteiger partial charge in [0, 0.05) is 25.0 Å². The van der Waals surface area contributed by atoms with Crippen LogP contribution in [-0.4, -0.2) is 15.0 Å². The number of nitrogen functional groups attached to an aromatic ring is 1. The van der Waals surface area contributed by atoms with E-state index in [0.29, 0.717) is 11.1 Å². The van der Waals surface area contributed by atoms with Crippen molar-refractivity contribution in [2.24, 2.45) is 12.9 Å². The third-order valence-electron chi connectivity index (χ3n) is 2.97. The third kappa shape index (κ3) is 2.52. The molecule has 0 spiro atoms. The number of benzene rings is 1. The number of nitrogens with two attached hydrogens (primary N) is 1. The first-order valence-electron chi connectivity index (χ1n) is 5.89. The standard InChI is InChI=1S/C13H14N4O3/c1-16-6-7-17(13(20)12(16)19)8-9-4-2-3-5-10(9)11(18)15-14/h2-7H,8,14H2,1H3,(H,15,18). The fraction of sp³-hybridized carbons (Fsp3) is 0.154. The first-order valence-corrected chi connectivity index (χ1v) is 5.89. The number of nitrogens with one attached hydrogen (secondary N) is 1. The molecule has 0 unspecified atom stereocenters. The van der Waals surface area contributed by atoms with Crippen LogP contribution in [-0.2, 0) is 13.6 Å². The molecule has 0 bridgehead atoms. The minimum absolute atomic E-state index is 0.124. The van der Waals surface area contributed by atoms with Gasteiger partial charge in [0.2, 0.25) is 0 Å². The van der Waals surface area contributed by atoms with E-state index in [1.165, 1.54) is 28.6 Å². The number of nitrogens with zero attached hydrogens (tertiary/aromatic N) is 2. The van der Waals surface area contributed by atoms with E-state index in [9.17, 15) is 14.4 Å². The second-order valence-corrected chi connectivity index (χ2v) is 4.28. The van der Waals surface area contributed by atoms with Crippen molar-refractivity contribution in [3.63, 3.8) is 0 Å². The number of hydrogen-bond donors (Lipinski definition) is 2. The van der Waals surface area contributed by atoms with Crippen LogP contribution in [0.4, 0.5) is 0 Å². The molecule has 0 fully saturated rings. The Morgan fingerprint density at radius 2 is 1.90 bits per heavy atom. The molecular formula is C13H14N4O3.